The summed E-state index contributed by atoms with van der Waals surface area (Å²) in [7, 11) is 0. The van der Waals surface area contributed by atoms with Gasteiger partial charge in [0.2, 0.25) is 0 Å². The third-order valence-electron chi connectivity index (χ3n) is 2.39. The van der Waals surface area contributed by atoms with Crippen LogP contribution in [0.3, 0.4) is 0 Å². The minimum Gasteiger partial charge on any atom is -0.456 e. The molecular formula is C13H12INO2S. The number of halogens is 1. The quantitative estimate of drug-likeness (QED) is 0.608. The van der Waals surface area contributed by atoms with Crippen LogP contribution in [0.4, 0.5) is 0 Å². The van der Waals surface area contributed by atoms with Gasteiger partial charge in [0.25, 0.3) is 0 Å². The SMILES string of the molecule is Cc1nc(C)c(COC(=O)c2cccc(I)c2)s1. The van der Waals surface area contributed by atoms with Gasteiger partial charge in [-0.3, -0.25) is 0 Å². The minimum atomic E-state index is -0.293. The first-order valence-corrected chi connectivity index (χ1v) is 7.31. The van der Waals surface area contributed by atoms with Gasteiger partial charge in [-0.1, -0.05) is 6.07 Å². The molecule has 0 aliphatic heterocycles. The monoisotopic (exact) mass is 373 g/mol. The number of carbonyl (C=O) groups excluding carboxylic acids is 1. The molecule has 2 aromatic rings. The van der Waals surface area contributed by atoms with Gasteiger partial charge < -0.3 is 4.74 Å². The van der Waals surface area contributed by atoms with Crippen molar-refractivity contribution in [1.29, 1.82) is 0 Å². The molecule has 3 nitrogen and oxygen atoms in total. The fraction of sp³-hybridized carbons (Fsp3) is 0.231. The van der Waals surface area contributed by atoms with Crippen molar-refractivity contribution in [2.45, 2.75) is 20.5 Å². The molecular weight excluding hydrogens is 361 g/mol. The highest BCUT2D eigenvalue weighted by Crippen LogP contribution is 2.18. The molecule has 1 heterocycles. The molecule has 0 saturated carbocycles. The standard InChI is InChI=1S/C13H12INO2S/c1-8-12(18-9(2)15-8)7-17-13(16)10-4-3-5-11(14)6-10/h3-6H,7H2,1-2H3. The molecule has 1 aromatic heterocycles. The summed E-state index contributed by atoms with van der Waals surface area (Å²) in [5, 5.41) is 0.993. The largest absolute Gasteiger partial charge is 0.456 e. The molecule has 0 atom stereocenters. The number of esters is 1. The van der Waals surface area contributed by atoms with Crippen LogP contribution in [0.1, 0.15) is 25.9 Å². The lowest BCUT2D eigenvalue weighted by atomic mass is 10.2. The summed E-state index contributed by atoms with van der Waals surface area (Å²) < 4.78 is 6.31. The van der Waals surface area contributed by atoms with Crippen molar-refractivity contribution in [1.82, 2.24) is 4.98 Å². The molecule has 0 unspecified atom stereocenters. The van der Waals surface area contributed by atoms with Gasteiger partial charge in [-0.2, -0.15) is 0 Å². The average Bonchev–Trinajstić information content (AvgIpc) is 2.65. The number of benzene rings is 1. The lowest BCUT2D eigenvalue weighted by Gasteiger charge is -2.04. The van der Waals surface area contributed by atoms with Crippen LogP contribution in [0.5, 0.6) is 0 Å². The minimum absolute atomic E-state index is 0.293. The maximum atomic E-state index is 11.8. The van der Waals surface area contributed by atoms with Gasteiger partial charge in [0.1, 0.15) is 6.61 Å². The number of hydrogen-bond donors (Lipinski definition) is 0. The Kier molecular flexibility index (Phi) is 4.34. The molecule has 2 rings (SSSR count). The highest BCUT2D eigenvalue weighted by atomic mass is 127. The molecule has 0 amide bonds. The molecule has 0 saturated heterocycles. The van der Waals surface area contributed by atoms with Crippen molar-refractivity contribution in [2.24, 2.45) is 0 Å². The van der Waals surface area contributed by atoms with Crippen LogP contribution in [0.2, 0.25) is 0 Å². The number of aryl methyl sites for hydroxylation is 2. The Bertz CT molecular complexity index is 580. The lowest BCUT2D eigenvalue weighted by molar-refractivity contribution is 0.0476. The Balaban J connectivity index is 2.02. The van der Waals surface area contributed by atoms with Gasteiger partial charge in [0.15, 0.2) is 0 Å². The van der Waals surface area contributed by atoms with Gasteiger partial charge in [-0.25, -0.2) is 9.78 Å². The first-order chi connectivity index (χ1) is 8.56. The number of aromatic nitrogens is 1. The maximum Gasteiger partial charge on any atom is 0.338 e. The van der Waals surface area contributed by atoms with Crippen LogP contribution >= 0.6 is 33.9 Å². The van der Waals surface area contributed by atoms with Gasteiger partial charge in [0, 0.05) is 3.57 Å². The van der Waals surface area contributed by atoms with E-state index in [0.717, 1.165) is 19.1 Å². The predicted molar refractivity (Wildman–Crippen MR) is 79.9 cm³/mol. The summed E-state index contributed by atoms with van der Waals surface area (Å²) in [5.41, 5.74) is 1.52. The highest BCUT2D eigenvalue weighted by molar-refractivity contribution is 14.1. The van der Waals surface area contributed by atoms with E-state index in [1.54, 1.807) is 17.4 Å². The average molecular weight is 373 g/mol. The van der Waals surface area contributed by atoms with E-state index in [1.807, 2.05) is 32.0 Å². The van der Waals surface area contributed by atoms with Crippen LogP contribution in [-0.2, 0) is 11.3 Å². The Hall–Kier alpha value is -0.950. The number of thiazole rings is 1. The van der Waals surface area contributed by atoms with E-state index in [9.17, 15) is 4.79 Å². The zero-order valence-electron chi connectivity index (χ0n) is 10.1. The van der Waals surface area contributed by atoms with Crippen molar-refractivity contribution in [3.05, 3.63) is 49.0 Å². The fourth-order valence-electron chi connectivity index (χ4n) is 1.54. The van der Waals surface area contributed by atoms with Gasteiger partial charge in [-0.15, -0.1) is 11.3 Å². The zero-order valence-corrected chi connectivity index (χ0v) is 13.0. The molecule has 0 spiro atoms. The second-order valence-electron chi connectivity index (χ2n) is 3.83. The van der Waals surface area contributed by atoms with Crippen LogP contribution in [0.15, 0.2) is 24.3 Å². The highest BCUT2D eigenvalue weighted by Gasteiger charge is 2.10. The summed E-state index contributed by atoms with van der Waals surface area (Å²) >= 11 is 3.74. The van der Waals surface area contributed by atoms with Crippen molar-refractivity contribution < 1.29 is 9.53 Å². The van der Waals surface area contributed by atoms with Crippen LogP contribution in [0.25, 0.3) is 0 Å². The molecule has 94 valence electrons. The Morgan fingerprint density at radius 1 is 1.44 bits per heavy atom. The molecule has 0 aliphatic rings. The van der Waals surface area contributed by atoms with Crippen molar-refractivity contribution in [3.63, 3.8) is 0 Å². The van der Waals surface area contributed by atoms with E-state index in [-0.39, 0.29) is 5.97 Å². The number of rotatable bonds is 3. The smallest absolute Gasteiger partial charge is 0.338 e. The van der Waals surface area contributed by atoms with E-state index >= 15 is 0 Å². The number of carbonyl (C=O) groups is 1. The summed E-state index contributed by atoms with van der Waals surface area (Å²) in [4.78, 5) is 17.2. The van der Waals surface area contributed by atoms with Crippen molar-refractivity contribution in [3.8, 4) is 0 Å². The second-order valence-corrected chi connectivity index (χ2v) is 6.36. The molecule has 1 aromatic carbocycles. The first-order valence-electron chi connectivity index (χ1n) is 5.42. The van der Waals surface area contributed by atoms with Crippen molar-refractivity contribution >= 4 is 39.9 Å². The second kappa shape index (κ2) is 5.79. The summed E-state index contributed by atoms with van der Waals surface area (Å²) in [5.74, 6) is -0.293. The number of ether oxygens (including phenoxy) is 1. The Labute approximate surface area is 123 Å². The Morgan fingerprint density at radius 3 is 2.83 bits per heavy atom. The predicted octanol–water partition coefficient (Wildman–Crippen LogP) is 3.72. The van der Waals surface area contributed by atoms with Crippen LogP contribution in [-0.4, -0.2) is 11.0 Å². The molecule has 0 fully saturated rings. The van der Waals surface area contributed by atoms with Gasteiger partial charge >= 0.3 is 5.97 Å². The van der Waals surface area contributed by atoms with Gasteiger partial charge in [-0.05, 0) is 54.6 Å². The van der Waals surface area contributed by atoms with E-state index in [1.165, 1.54) is 0 Å². The molecule has 5 heteroatoms. The summed E-state index contributed by atoms with van der Waals surface area (Å²) in [6.45, 7) is 4.17. The topological polar surface area (TPSA) is 39.2 Å². The third kappa shape index (κ3) is 3.29. The Morgan fingerprint density at radius 2 is 2.22 bits per heavy atom. The van der Waals surface area contributed by atoms with Crippen molar-refractivity contribution in [2.75, 3.05) is 0 Å². The van der Waals surface area contributed by atoms with E-state index in [0.29, 0.717) is 12.2 Å². The van der Waals surface area contributed by atoms with Gasteiger partial charge in [0.05, 0.1) is 21.1 Å². The normalized spacial score (nSPS) is 10.4. The number of nitrogens with zero attached hydrogens (tertiary/aromatic N) is 1. The fourth-order valence-corrected chi connectivity index (χ4v) is 2.93. The first kappa shape index (κ1) is 13.5. The van der Waals surface area contributed by atoms with E-state index < -0.39 is 0 Å². The molecule has 0 N–H and O–H groups in total. The molecule has 0 bridgehead atoms. The molecule has 0 radical (unpaired) electrons. The molecule has 0 aliphatic carbocycles. The maximum absolute atomic E-state index is 11.8. The lowest BCUT2D eigenvalue weighted by Crippen LogP contribution is -2.05. The number of hydrogen-bond acceptors (Lipinski definition) is 4. The zero-order chi connectivity index (χ0) is 13.1. The summed E-state index contributed by atoms with van der Waals surface area (Å²) in [6, 6.07) is 7.36. The molecule has 18 heavy (non-hydrogen) atoms. The van der Waals surface area contributed by atoms with Crippen LogP contribution in [0, 0.1) is 17.4 Å². The van der Waals surface area contributed by atoms with E-state index in [4.69, 9.17) is 4.74 Å². The van der Waals surface area contributed by atoms with Crippen LogP contribution < -0.4 is 0 Å². The summed E-state index contributed by atoms with van der Waals surface area (Å²) in [6.07, 6.45) is 0. The van der Waals surface area contributed by atoms with E-state index in [2.05, 4.69) is 27.6 Å². The third-order valence-corrected chi connectivity index (χ3v) is 4.11.